The minimum atomic E-state index is -0.00440. The van der Waals surface area contributed by atoms with E-state index < -0.39 is 0 Å². The summed E-state index contributed by atoms with van der Waals surface area (Å²) in [5.41, 5.74) is 0. The average molecular weight is 184 g/mol. The Labute approximate surface area is 78.7 Å². The van der Waals surface area contributed by atoms with Crippen molar-refractivity contribution in [2.24, 2.45) is 9.98 Å². The molecule has 0 aromatic carbocycles. The smallest absolute Gasteiger partial charge is 0.209 e. The molecular weight excluding hydrogens is 168 g/mol. The first-order valence-electron chi connectivity index (χ1n) is 4.64. The summed E-state index contributed by atoms with van der Waals surface area (Å²) in [6.45, 7) is 7.62. The highest BCUT2D eigenvalue weighted by Crippen LogP contribution is 2.04. The van der Waals surface area contributed by atoms with Gasteiger partial charge in [0.1, 0.15) is 12.6 Å². The van der Waals surface area contributed by atoms with E-state index in [1.54, 1.807) is 0 Å². The molecule has 0 amide bonds. The van der Waals surface area contributed by atoms with Crippen LogP contribution in [0.5, 0.6) is 0 Å². The average Bonchev–Trinajstić information content (AvgIpc) is 2.10. The number of hydrogen-bond donors (Lipinski definition) is 0. The molecule has 1 rings (SSSR count). The van der Waals surface area contributed by atoms with E-state index in [9.17, 15) is 0 Å². The summed E-state index contributed by atoms with van der Waals surface area (Å²) >= 11 is 0. The second kappa shape index (κ2) is 4.84. The Hall–Kier alpha value is -1.06. The van der Waals surface area contributed by atoms with Crippen molar-refractivity contribution in [1.29, 1.82) is 0 Å². The van der Waals surface area contributed by atoms with Crippen LogP contribution in [0.3, 0.4) is 0 Å². The molecule has 0 saturated heterocycles. The summed E-state index contributed by atoms with van der Waals surface area (Å²) in [5.74, 6) is 1.42. The zero-order valence-corrected chi connectivity index (χ0v) is 8.41. The molecule has 0 unspecified atom stereocenters. The van der Waals surface area contributed by atoms with E-state index in [1.807, 2.05) is 20.8 Å². The normalized spacial score (nSPS) is 21.9. The lowest BCUT2D eigenvalue weighted by atomic mass is 10.3. The molecule has 0 aromatic heterocycles. The molecule has 0 saturated carbocycles. The Kier molecular flexibility index (Phi) is 3.73. The number of aliphatic imine (C=N–C) groups is 2. The highest BCUT2D eigenvalue weighted by Gasteiger charge is 2.17. The molecule has 4 nitrogen and oxygen atoms in total. The molecular formula is C9H16N2O2. The standard InChI is InChI=1S/C9H16N2O2/c1-4-12-8-6-10-9(13-5-2)7(3)11-8/h7H,4-6H2,1-3H3/t7-/m1/s1. The fraction of sp³-hybridized carbons (Fsp3) is 0.778. The maximum absolute atomic E-state index is 5.31. The molecule has 1 heterocycles. The maximum Gasteiger partial charge on any atom is 0.209 e. The zero-order valence-electron chi connectivity index (χ0n) is 8.41. The van der Waals surface area contributed by atoms with Gasteiger partial charge in [0.25, 0.3) is 0 Å². The lowest BCUT2D eigenvalue weighted by Crippen LogP contribution is -2.27. The highest BCUT2D eigenvalue weighted by molar-refractivity contribution is 5.91. The summed E-state index contributed by atoms with van der Waals surface area (Å²) in [7, 11) is 0. The Morgan fingerprint density at radius 1 is 1.31 bits per heavy atom. The largest absolute Gasteiger partial charge is 0.480 e. The topological polar surface area (TPSA) is 43.2 Å². The summed E-state index contributed by atoms with van der Waals surface area (Å²) in [6.07, 6.45) is 0. The Balaban J connectivity index is 2.51. The molecule has 0 bridgehead atoms. The van der Waals surface area contributed by atoms with E-state index >= 15 is 0 Å². The molecule has 0 N–H and O–H groups in total. The maximum atomic E-state index is 5.31. The first-order valence-corrected chi connectivity index (χ1v) is 4.64. The molecule has 0 radical (unpaired) electrons. The van der Waals surface area contributed by atoms with Crippen LogP contribution in [0.2, 0.25) is 0 Å². The fourth-order valence-electron chi connectivity index (χ4n) is 1.15. The van der Waals surface area contributed by atoms with Crippen LogP contribution in [0.25, 0.3) is 0 Å². The van der Waals surface area contributed by atoms with Crippen molar-refractivity contribution in [3.05, 3.63) is 0 Å². The molecule has 0 spiro atoms. The molecule has 1 aliphatic rings. The zero-order chi connectivity index (χ0) is 9.68. The van der Waals surface area contributed by atoms with E-state index in [0.29, 0.717) is 31.6 Å². The third-order valence-electron chi connectivity index (χ3n) is 1.67. The van der Waals surface area contributed by atoms with Crippen LogP contribution in [0.1, 0.15) is 20.8 Å². The minimum Gasteiger partial charge on any atom is -0.480 e. The van der Waals surface area contributed by atoms with Gasteiger partial charge < -0.3 is 9.47 Å². The lowest BCUT2D eigenvalue weighted by molar-refractivity contribution is 0.296. The van der Waals surface area contributed by atoms with Crippen molar-refractivity contribution in [3.8, 4) is 0 Å². The van der Waals surface area contributed by atoms with E-state index in [-0.39, 0.29) is 6.04 Å². The summed E-state index contributed by atoms with van der Waals surface area (Å²) < 4.78 is 10.6. The molecule has 13 heavy (non-hydrogen) atoms. The Morgan fingerprint density at radius 2 is 2.00 bits per heavy atom. The van der Waals surface area contributed by atoms with Crippen LogP contribution in [0, 0.1) is 0 Å². The fourth-order valence-corrected chi connectivity index (χ4v) is 1.15. The number of ether oxygens (including phenoxy) is 2. The summed E-state index contributed by atoms with van der Waals surface area (Å²) in [5, 5.41) is 0. The van der Waals surface area contributed by atoms with Gasteiger partial charge in [0, 0.05) is 0 Å². The van der Waals surface area contributed by atoms with Crippen LogP contribution in [0.15, 0.2) is 9.98 Å². The molecule has 74 valence electrons. The third kappa shape index (κ3) is 2.72. The van der Waals surface area contributed by atoms with Gasteiger partial charge in [-0.1, -0.05) is 0 Å². The van der Waals surface area contributed by atoms with Gasteiger partial charge in [0.05, 0.1) is 13.2 Å². The predicted molar refractivity (Wildman–Crippen MR) is 52.5 cm³/mol. The molecule has 0 fully saturated rings. The van der Waals surface area contributed by atoms with Gasteiger partial charge >= 0.3 is 0 Å². The van der Waals surface area contributed by atoms with Crippen LogP contribution < -0.4 is 0 Å². The molecule has 0 aromatic rings. The molecule has 1 aliphatic heterocycles. The minimum absolute atomic E-state index is 0.00440. The van der Waals surface area contributed by atoms with E-state index in [4.69, 9.17) is 9.47 Å². The van der Waals surface area contributed by atoms with Crippen molar-refractivity contribution in [2.75, 3.05) is 19.8 Å². The van der Waals surface area contributed by atoms with Crippen LogP contribution in [-0.4, -0.2) is 37.6 Å². The number of rotatable bonds is 2. The van der Waals surface area contributed by atoms with Gasteiger partial charge in [-0.2, -0.15) is 0 Å². The second-order valence-corrected chi connectivity index (χ2v) is 2.72. The molecule has 4 heteroatoms. The van der Waals surface area contributed by atoms with Crippen molar-refractivity contribution in [3.63, 3.8) is 0 Å². The van der Waals surface area contributed by atoms with Crippen molar-refractivity contribution in [2.45, 2.75) is 26.8 Å². The summed E-state index contributed by atoms with van der Waals surface area (Å²) in [6, 6.07) is -0.00440. The SMILES string of the molecule is CCOC1=N[C@H](C)C(OCC)=NC1. The highest BCUT2D eigenvalue weighted by atomic mass is 16.5. The van der Waals surface area contributed by atoms with E-state index in [2.05, 4.69) is 9.98 Å². The second-order valence-electron chi connectivity index (χ2n) is 2.72. The van der Waals surface area contributed by atoms with E-state index in [1.165, 1.54) is 0 Å². The molecule has 1 atom stereocenters. The van der Waals surface area contributed by atoms with Gasteiger partial charge in [-0.15, -0.1) is 0 Å². The van der Waals surface area contributed by atoms with Crippen molar-refractivity contribution >= 4 is 11.8 Å². The first kappa shape index (κ1) is 10.0. The molecule has 0 aliphatic carbocycles. The predicted octanol–water partition coefficient (Wildman–Crippen LogP) is 1.26. The van der Waals surface area contributed by atoms with Crippen LogP contribution in [0.4, 0.5) is 0 Å². The van der Waals surface area contributed by atoms with Gasteiger partial charge in [0.2, 0.25) is 11.8 Å². The number of hydrogen-bond acceptors (Lipinski definition) is 4. The Morgan fingerprint density at radius 3 is 2.54 bits per heavy atom. The quantitative estimate of drug-likeness (QED) is 0.648. The van der Waals surface area contributed by atoms with Gasteiger partial charge in [-0.25, -0.2) is 9.98 Å². The van der Waals surface area contributed by atoms with Crippen LogP contribution >= 0.6 is 0 Å². The monoisotopic (exact) mass is 184 g/mol. The van der Waals surface area contributed by atoms with Gasteiger partial charge in [0.15, 0.2) is 0 Å². The van der Waals surface area contributed by atoms with Crippen LogP contribution in [-0.2, 0) is 9.47 Å². The first-order chi connectivity index (χ1) is 6.27. The van der Waals surface area contributed by atoms with Gasteiger partial charge in [-0.3, -0.25) is 0 Å². The summed E-state index contributed by atoms with van der Waals surface area (Å²) in [4.78, 5) is 8.55. The van der Waals surface area contributed by atoms with Gasteiger partial charge in [-0.05, 0) is 20.8 Å². The van der Waals surface area contributed by atoms with Crippen molar-refractivity contribution in [1.82, 2.24) is 0 Å². The lowest BCUT2D eigenvalue weighted by Gasteiger charge is -2.17. The Bertz CT molecular complexity index is 224. The van der Waals surface area contributed by atoms with Crippen molar-refractivity contribution < 1.29 is 9.47 Å². The number of nitrogens with zero attached hydrogens (tertiary/aromatic N) is 2. The van der Waals surface area contributed by atoms with E-state index in [0.717, 1.165) is 0 Å². The third-order valence-corrected chi connectivity index (χ3v) is 1.67.